The van der Waals surface area contributed by atoms with Crippen molar-refractivity contribution in [1.82, 2.24) is 0 Å². The fourth-order valence-corrected chi connectivity index (χ4v) is 2.96. The Kier molecular flexibility index (Phi) is 3.95. The second-order valence-electron chi connectivity index (χ2n) is 5.93. The first-order valence-corrected chi connectivity index (χ1v) is 8.21. The van der Waals surface area contributed by atoms with Gasteiger partial charge >= 0.3 is 0 Å². The van der Waals surface area contributed by atoms with E-state index in [1.54, 1.807) is 0 Å². The SMILES string of the molecule is C(C=Cc1ccc2cc3ccccc3cc2c1)=Cc1ccccc1. The maximum absolute atomic E-state index is 2.27. The van der Waals surface area contributed by atoms with Crippen LogP contribution in [-0.4, -0.2) is 0 Å². The Bertz CT molecular complexity index is 1040. The number of hydrogen-bond donors (Lipinski definition) is 0. The van der Waals surface area contributed by atoms with Crippen LogP contribution >= 0.6 is 0 Å². The minimum absolute atomic E-state index is 1.21. The van der Waals surface area contributed by atoms with Crippen LogP contribution in [0.1, 0.15) is 11.1 Å². The Hall–Kier alpha value is -3.12. The number of allylic oxidation sites excluding steroid dienone is 2. The molecular weight excluding hydrogens is 288 g/mol. The van der Waals surface area contributed by atoms with Gasteiger partial charge in [-0.05, 0) is 50.9 Å². The predicted molar refractivity (Wildman–Crippen MR) is 106 cm³/mol. The summed E-state index contributed by atoms with van der Waals surface area (Å²) in [5.74, 6) is 0. The molecule has 0 radical (unpaired) electrons. The van der Waals surface area contributed by atoms with Gasteiger partial charge in [0, 0.05) is 0 Å². The molecule has 114 valence electrons. The average molecular weight is 306 g/mol. The van der Waals surface area contributed by atoms with E-state index < -0.39 is 0 Å². The van der Waals surface area contributed by atoms with Crippen molar-refractivity contribution in [2.75, 3.05) is 0 Å². The summed E-state index contributed by atoms with van der Waals surface area (Å²) in [6, 6.07) is 30.0. The molecule has 0 unspecified atom stereocenters. The normalized spacial score (nSPS) is 11.8. The van der Waals surface area contributed by atoms with Crippen LogP contribution in [-0.2, 0) is 0 Å². The molecule has 4 aromatic rings. The predicted octanol–water partition coefficient (Wildman–Crippen LogP) is 6.72. The van der Waals surface area contributed by atoms with Crippen molar-refractivity contribution in [3.8, 4) is 0 Å². The molecule has 0 aliphatic heterocycles. The Morgan fingerprint density at radius 2 is 1.00 bits per heavy atom. The number of hydrogen-bond acceptors (Lipinski definition) is 0. The lowest BCUT2D eigenvalue weighted by atomic mass is 10.0. The Balaban J connectivity index is 1.61. The zero-order valence-electron chi connectivity index (χ0n) is 13.4. The van der Waals surface area contributed by atoms with Gasteiger partial charge in [-0.15, -0.1) is 0 Å². The van der Waals surface area contributed by atoms with E-state index in [0.717, 1.165) is 0 Å². The van der Waals surface area contributed by atoms with Gasteiger partial charge in [0.15, 0.2) is 0 Å². The molecule has 0 nitrogen and oxygen atoms in total. The van der Waals surface area contributed by atoms with Gasteiger partial charge in [-0.3, -0.25) is 0 Å². The van der Waals surface area contributed by atoms with Crippen LogP contribution in [0.4, 0.5) is 0 Å². The monoisotopic (exact) mass is 306 g/mol. The molecule has 0 fully saturated rings. The van der Waals surface area contributed by atoms with Crippen molar-refractivity contribution in [3.63, 3.8) is 0 Å². The molecular formula is C24H18. The molecule has 0 atom stereocenters. The van der Waals surface area contributed by atoms with Gasteiger partial charge in [-0.1, -0.05) is 91.0 Å². The van der Waals surface area contributed by atoms with E-state index >= 15 is 0 Å². The van der Waals surface area contributed by atoms with Crippen molar-refractivity contribution in [1.29, 1.82) is 0 Å². The van der Waals surface area contributed by atoms with Crippen LogP contribution in [0, 0.1) is 0 Å². The molecule has 0 saturated heterocycles. The lowest BCUT2D eigenvalue weighted by molar-refractivity contribution is 1.66. The molecule has 24 heavy (non-hydrogen) atoms. The summed E-state index contributed by atoms with van der Waals surface area (Å²) in [7, 11) is 0. The van der Waals surface area contributed by atoms with Gasteiger partial charge in [0.25, 0.3) is 0 Å². The van der Waals surface area contributed by atoms with Crippen LogP contribution in [0.15, 0.2) is 97.1 Å². The zero-order valence-corrected chi connectivity index (χ0v) is 13.4. The van der Waals surface area contributed by atoms with Crippen molar-refractivity contribution in [3.05, 3.63) is 108 Å². The van der Waals surface area contributed by atoms with Gasteiger partial charge in [-0.2, -0.15) is 0 Å². The molecule has 0 aliphatic carbocycles. The minimum atomic E-state index is 1.21. The van der Waals surface area contributed by atoms with Crippen molar-refractivity contribution in [2.24, 2.45) is 0 Å². The smallest absolute Gasteiger partial charge is 0.0172 e. The van der Waals surface area contributed by atoms with Gasteiger partial charge < -0.3 is 0 Å². The third kappa shape index (κ3) is 3.13. The molecule has 4 aromatic carbocycles. The molecule has 0 spiro atoms. The lowest BCUT2D eigenvalue weighted by Gasteiger charge is -2.03. The Morgan fingerprint density at radius 3 is 1.75 bits per heavy atom. The average Bonchev–Trinajstić information content (AvgIpc) is 2.64. The first-order valence-electron chi connectivity index (χ1n) is 8.21. The molecule has 0 bridgehead atoms. The molecule has 0 amide bonds. The summed E-state index contributed by atoms with van der Waals surface area (Å²) in [6.07, 6.45) is 8.44. The molecule has 0 N–H and O–H groups in total. The van der Waals surface area contributed by atoms with Gasteiger partial charge in [0.1, 0.15) is 0 Å². The van der Waals surface area contributed by atoms with Gasteiger partial charge in [-0.25, -0.2) is 0 Å². The largest absolute Gasteiger partial charge is 0.0622 e. The van der Waals surface area contributed by atoms with E-state index in [4.69, 9.17) is 0 Å². The summed E-state index contributed by atoms with van der Waals surface area (Å²) in [6.45, 7) is 0. The van der Waals surface area contributed by atoms with Crippen LogP contribution in [0.3, 0.4) is 0 Å². The maximum Gasteiger partial charge on any atom is -0.0172 e. The molecule has 0 saturated carbocycles. The van der Waals surface area contributed by atoms with E-state index in [2.05, 4.69) is 103 Å². The standard InChI is InChI=1S/C24H18/c1-2-8-19(9-3-1)10-4-5-11-20-14-15-23-17-21-12-6-7-13-22(21)18-24(23)16-20/h1-18H. The Morgan fingerprint density at radius 1 is 0.417 bits per heavy atom. The van der Waals surface area contributed by atoms with Crippen LogP contribution in [0.2, 0.25) is 0 Å². The Labute approximate surface area is 142 Å². The molecule has 0 heterocycles. The lowest BCUT2D eigenvalue weighted by Crippen LogP contribution is -1.78. The highest BCUT2D eigenvalue weighted by molar-refractivity contribution is 5.98. The first-order chi connectivity index (χ1) is 11.9. The summed E-state index contributed by atoms with van der Waals surface area (Å²) < 4.78 is 0. The quantitative estimate of drug-likeness (QED) is 0.291. The fraction of sp³-hybridized carbons (Fsp3) is 0. The summed E-state index contributed by atoms with van der Waals surface area (Å²) >= 11 is 0. The summed E-state index contributed by atoms with van der Waals surface area (Å²) in [5, 5.41) is 5.14. The van der Waals surface area contributed by atoms with Crippen molar-refractivity contribution in [2.45, 2.75) is 0 Å². The number of fused-ring (bicyclic) bond motifs is 2. The van der Waals surface area contributed by atoms with Gasteiger partial charge in [0.2, 0.25) is 0 Å². The zero-order chi connectivity index (χ0) is 16.2. The number of rotatable bonds is 3. The van der Waals surface area contributed by atoms with Crippen LogP contribution in [0.25, 0.3) is 33.7 Å². The first kappa shape index (κ1) is 14.5. The van der Waals surface area contributed by atoms with Crippen molar-refractivity contribution >= 4 is 33.7 Å². The summed E-state index contributed by atoms with van der Waals surface area (Å²) in [4.78, 5) is 0. The second-order valence-corrected chi connectivity index (χ2v) is 5.93. The highest BCUT2D eigenvalue weighted by Gasteiger charge is 1.98. The van der Waals surface area contributed by atoms with Crippen LogP contribution in [0.5, 0.6) is 0 Å². The fourth-order valence-electron chi connectivity index (χ4n) is 2.96. The van der Waals surface area contributed by atoms with Crippen LogP contribution < -0.4 is 0 Å². The van der Waals surface area contributed by atoms with E-state index in [0.29, 0.717) is 0 Å². The third-order valence-corrected chi connectivity index (χ3v) is 4.22. The molecule has 0 aromatic heterocycles. The highest BCUT2D eigenvalue weighted by atomic mass is 14.0. The molecule has 4 rings (SSSR count). The summed E-state index contributed by atoms with van der Waals surface area (Å²) in [5.41, 5.74) is 2.43. The second kappa shape index (κ2) is 6.55. The maximum atomic E-state index is 2.27. The highest BCUT2D eigenvalue weighted by Crippen LogP contribution is 2.24. The number of benzene rings is 4. The van der Waals surface area contributed by atoms with E-state index in [1.807, 2.05) is 6.07 Å². The molecule has 0 heteroatoms. The third-order valence-electron chi connectivity index (χ3n) is 4.22. The van der Waals surface area contributed by atoms with E-state index in [-0.39, 0.29) is 0 Å². The topological polar surface area (TPSA) is 0 Å². The van der Waals surface area contributed by atoms with Gasteiger partial charge in [0.05, 0.1) is 0 Å². The van der Waals surface area contributed by atoms with E-state index in [9.17, 15) is 0 Å². The molecule has 0 aliphatic rings. The van der Waals surface area contributed by atoms with E-state index in [1.165, 1.54) is 32.7 Å². The minimum Gasteiger partial charge on any atom is -0.0622 e. The van der Waals surface area contributed by atoms with Crippen molar-refractivity contribution < 1.29 is 0 Å².